The van der Waals surface area contributed by atoms with E-state index in [1.807, 2.05) is 29.2 Å². The minimum atomic E-state index is -0.306. The zero-order chi connectivity index (χ0) is 21.0. The average Bonchev–Trinajstić information content (AvgIpc) is 2.69. The van der Waals surface area contributed by atoms with Crippen molar-refractivity contribution in [3.05, 3.63) is 71.0 Å². The highest BCUT2D eigenvalue weighted by molar-refractivity contribution is 5.94. The Kier molecular flexibility index (Phi) is 6.36. The van der Waals surface area contributed by atoms with Crippen molar-refractivity contribution in [3.63, 3.8) is 0 Å². The Bertz CT molecular complexity index is 846. The van der Waals surface area contributed by atoms with E-state index in [1.54, 1.807) is 12.1 Å². The Hall–Kier alpha value is -2.69. The first-order chi connectivity index (χ1) is 13.7. The van der Waals surface area contributed by atoms with Gasteiger partial charge in [0.05, 0.1) is 6.42 Å². The molecule has 154 valence electrons. The number of nitrogens with zero attached hydrogens (tertiary/aromatic N) is 1. The first-order valence-electron chi connectivity index (χ1n) is 10.2. The van der Waals surface area contributed by atoms with Crippen LogP contribution in [0.1, 0.15) is 55.1 Å². The fraction of sp³-hybridized carbons (Fsp3) is 0.417. The molecule has 1 fully saturated rings. The molecule has 5 heteroatoms. The van der Waals surface area contributed by atoms with Gasteiger partial charge in [0.2, 0.25) is 5.91 Å². The van der Waals surface area contributed by atoms with Gasteiger partial charge >= 0.3 is 0 Å². The van der Waals surface area contributed by atoms with E-state index in [0.717, 1.165) is 18.4 Å². The average molecular weight is 397 g/mol. The van der Waals surface area contributed by atoms with Gasteiger partial charge in [-0.3, -0.25) is 9.59 Å². The van der Waals surface area contributed by atoms with E-state index >= 15 is 0 Å². The summed E-state index contributed by atoms with van der Waals surface area (Å²) in [6.07, 6.45) is 1.71. The van der Waals surface area contributed by atoms with Gasteiger partial charge < -0.3 is 10.2 Å². The number of amides is 2. The van der Waals surface area contributed by atoms with Crippen LogP contribution in [0.5, 0.6) is 0 Å². The molecule has 0 atom stereocenters. The predicted octanol–water partition coefficient (Wildman–Crippen LogP) is 4.09. The molecular formula is C24H29FN2O2. The number of carbonyl (C=O) groups excluding carboxylic acids is 2. The van der Waals surface area contributed by atoms with Gasteiger partial charge in [-0.2, -0.15) is 0 Å². The van der Waals surface area contributed by atoms with Crippen molar-refractivity contribution in [1.29, 1.82) is 0 Å². The minimum Gasteiger partial charge on any atom is -0.353 e. The molecule has 0 unspecified atom stereocenters. The largest absolute Gasteiger partial charge is 0.353 e. The zero-order valence-corrected chi connectivity index (χ0v) is 17.4. The van der Waals surface area contributed by atoms with Gasteiger partial charge in [0.25, 0.3) is 5.91 Å². The van der Waals surface area contributed by atoms with Gasteiger partial charge in [0.15, 0.2) is 0 Å². The van der Waals surface area contributed by atoms with Crippen LogP contribution < -0.4 is 5.32 Å². The molecule has 4 nitrogen and oxygen atoms in total. The van der Waals surface area contributed by atoms with Crippen molar-refractivity contribution in [2.24, 2.45) is 0 Å². The molecule has 1 saturated heterocycles. The van der Waals surface area contributed by atoms with Crippen LogP contribution in [-0.4, -0.2) is 35.8 Å². The molecule has 2 aromatic rings. The number of halogens is 1. The van der Waals surface area contributed by atoms with Crippen molar-refractivity contribution in [2.75, 3.05) is 13.1 Å². The lowest BCUT2D eigenvalue weighted by atomic mass is 9.86. The highest BCUT2D eigenvalue weighted by atomic mass is 19.1. The SMILES string of the molecule is CC(C)(C)c1ccc(C(=O)N2CCC(NC(=O)Cc3ccc(F)cc3)CC2)cc1. The molecule has 0 spiro atoms. The summed E-state index contributed by atoms with van der Waals surface area (Å²) < 4.78 is 13.0. The Morgan fingerprint density at radius 3 is 2.14 bits per heavy atom. The summed E-state index contributed by atoms with van der Waals surface area (Å²) in [6, 6.07) is 13.9. The molecular weight excluding hydrogens is 367 g/mol. The van der Waals surface area contributed by atoms with E-state index in [9.17, 15) is 14.0 Å². The van der Waals surface area contributed by atoms with E-state index in [2.05, 4.69) is 26.1 Å². The lowest BCUT2D eigenvalue weighted by Crippen LogP contribution is -2.46. The smallest absolute Gasteiger partial charge is 0.253 e. The molecule has 1 N–H and O–H groups in total. The molecule has 2 amide bonds. The summed E-state index contributed by atoms with van der Waals surface area (Å²) in [4.78, 5) is 26.9. The first-order valence-corrected chi connectivity index (χ1v) is 10.2. The molecule has 29 heavy (non-hydrogen) atoms. The number of hydrogen-bond acceptors (Lipinski definition) is 2. The van der Waals surface area contributed by atoms with Gasteiger partial charge in [-0.05, 0) is 53.6 Å². The summed E-state index contributed by atoms with van der Waals surface area (Å²) in [6.45, 7) is 7.71. The van der Waals surface area contributed by atoms with Crippen LogP contribution in [0.2, 0.25) is 0 Å². The second kappa shape index (κ2) is 8.76. The van der Waals surface area contributed by atoms with Crippen molar-refractivity contribution in [2.45, 2.75) is 51.5 Å². The third-order valence-electron chi connectivity index (χ3n) is 5.42. The summed E-state index contributed by atoms with van der Waals surface area (Å²) in [5, 5.41) is 3.03. The van der Waals surface area contributed by atoms with Crippen LogP contribution >= 0.6 is 0 Å². The predicted molar refractivity (Wildman–Crippen MR) is 112 cm³/mol. The molecule has 1 heterocycles. The van der Waals surface area contributed by atoms with Crippen molar-refractivity contribution < 1.29 is 14.0 Å². The number of hydrogen-bond donors (Lipinski definition) is 1. The van der Waals surface area contributed by atoms with Gasteiger partial charge in [-0.1, -0.05) is 45.0 Å². The quantitative estimate of drug-likeness (QED) is 0.846. The number of likely N-dealkylation sites (tertiary alicyclic amines) is 1. The molecule has 3 rings (SSSR count). The number of carbonyl (C=O) groups is 2. The second-order valence-corrected chi connectivity index (χ2v) is 8.76. The summed E-state index contributed by atoms with van der Waals surface area (Å²) in [7, 11) is 0. The van der Waals surface area contributed by atoms with Gasteiger partial charge in [-0.15, -0.1) is 0 Å². The Balaban J connectivity index is 1.49. The lowest BCUT2D eigenvalue weighted by Gasteiger charge is -2.32. The maximum atomic E-state index is 13.0. The molecule has 0 aliphatic carbocycles. The number of piperidine rings is 1. The Morgan fingerprint density at radius 2 is 1.59 bits per heavy atom. The summed E-state index contributed by atoms with van der Waals surface area (Å²) >= 11 is 0. The maximum absolute atomic E-state index is 13.0. The standard InChI is InChI=1S/C24H29FN2O2/c1-24(2,3)19-8-6-18(7-9-19)23(29)27-14-12-21(13-15-27)26-22(28)16-17-4-10-20(25)11-5-17/h4-11,21H,12-16H2,1-3H3,(H,26,28). The monoisotopic (exact) mass is 396 g/mol. The number of rotatable bonds is 4. The molecule has 2 aromatic carbocycles. The first kappa shape index (κ1) is 21.0. The highest BCUT2D eigenvalue weighted by Crippen LogP contribution is 2.23. The van der Waals surface area contributed by atoms with E-state index < -0.39 is 0 Å². The van der Waals surface area contributed by atoms with Gasteiger partial charge in [0, 0.05) is 24.7 Å². The normalized spacial score (nSPS) is 15.2. The highest BCUT2D eigenvalue weighted by Gasteiger charge is 2.25. The van der Waals surface area contributed by atoms with Crippen LogP contribution in [0.3, 0.4) is 0 Å². The number of nitrogens with one attached hydrogen (secondary N) is 1. The fourth-order valence-corrected chi connectivity index (χ4v) is 3.59. The molecule has 0 aromatic heterocycles. The second-order valence-electron chi connectivity index (χ2n) is 8.76. The van der Waals surface area contributed by atoms with Gasteiger partial charge in [0.1, 0.15) is 5.82 Å². The Morgan fingerprint density at radius 1 is 1.00 bits per heavy atom. The molecule has 0 radical (unpaired) electrons. The maximum Gasteiger partial charge on any atom is 0.253 e. The topological polar surface area (TPSA) is 49.4 Å². The lowest BCUT2D eigenvalue weighted by molar-refractivity contribution is -0.121. The zero-order valence-electron chi connectivity index (χ0n) is 17.4. The molecule has 0 bridgehead atoms. The van der Waals surface area contributed by atoms with E-state index in [4.69, 9.17) is 0 Å². The van der Waals surface area contributed by atoms with E-state index in [-0.39, 0.29) is 35.5 Å². The molecule has 1 aliphatic rings. The Labute approximate surface area is 172 Å². The van der Waals surface area contributed by atoms with Gasteiger partial charge in [-0.25, -0.2) is 4.39 Å². The van der Waals surface area contributed by atoms with Crippen molar-refractivity contribution >= 4 is 11.8 Å². The molecule has 1 aliphatic heterocycles. The fourth-order valence-electron chi connectivity index (χ4n) is 3.59. The van der Waals surface area contributed by atoms with Crippen molar-refractivity contribution in [1.82, 2.24) is 10.2 Å². The third kappa shape index (κ3) is 5.66. The number of benzene rings is 2. The third-order valence-corrected chi connectivity index (χ3v) is 5.42. The van der Waals surface area contributed by atoms with E-state index in [0.29, 0.717) is 18.7 Å². The minimum absolute atomic E-state index is 0.0431. The van der Waals surface area contributed by atoms with Crippen LogP contribution in [0.25, 0.3) is 0 Å². The van der Waals surface area contributed by atoms with E-state index in [1.165, 1.54) is 17.7 Å². The van der Waals surface area contributed by atoms with Crippen LogP contribution in [0.15, 0.2) is 48.5 Å². The van der Waals surface area contributed by atoms with Crippen LogP contribution in [0.4, 0.5) is 4.39 Å². The summed E-state index contributed by atoms with van der Waals surface area (Å²) in [5.74, 6) is -0.333. The summed E-state index contributed by atoms with van der Waals surface area (Å²) in [5.41, 5.74) is 2.76. The van der Waals surface area contributed by atoms with Crippen LogP contribution in [0, 0.1) is 5.82 Å². The van der Waals surface area contributed by atoms with Crippen LogP contribution in [-0.2, 0) is 16.6 Å². The van der Waals surface area contributed by atoms with Crippen molar-refractivity contribution in [3.8, 4) is 0 Å². The molecule has 0 saturated carbocycles.